The lowest BCUT2D eigenvalue weighted by Gasteiger charge is -2.12. The Morgan fingerprint density at radius 1 is 1.04 bits per heavy atom. The average molecular weight is 350 g/mol. The van der Waals surface area contributed by atoms with Crippen molar-refractivity contribution in [3.8, 4) is 11.3 Å². The van der Waals surface area contributed by atoms with Gasteiger partial charge in [-0.25, -0.2) is 4.98 Å². The maximum absolute atomic E-state index is 12.5. The lowest BCUT2D eigenvalue weighted by atomic mass is 10.1. The van der Waals surface area contributed by atoms with E-state index in [0.29, 0.717) is 22.0 Å². The molecule has 3 rings (SSSR count). The Labute approximate surface area is 150 Å². The molecule has 4 nitrogen and oxygen atoms in total. The molecule has 0 saturated carbocycles. The first-order valence-corrected chi connectivity index (χ1v) is 8.90. The average Bonchev–Trinajstić information content (AvgIpc) is 2.67. The molecular weight excluding hydrogens is 332 g/mol. The number of nitrogens with zero attached hydrogens (tertiary/aromatic N) is 2. The molecule has 5 heteroatoms. The Morgan fingerprint density at radius 2 is 1.64 bits per heavy atom. The fraction of sp³-hybridized carbons (Fsp3) is 0.150. The maximum Gasteiger partial charge on any atom is 0.257 e. The van der Waals surface area contributed by atoms with E-state index in [0.717, 1.165) is 5.56 Å². The summed E-state index contributed by atoms with van der Waals surface area (Å²) >= 11 is 1.28. The monoisotopic (exact) mass is 350 g/mol. The van der Waals surface area contributed by atoms with Crippen molar-refractivity contribution in [1.29, 1.82) is 0 Å². The molecule has 1 aromatic heterocycles. The molecule has 25 heavy (non-hydrogen) atoms. The first-order valence-electron chi connectivity index (χ1n) is 7.92. The van der Waals surface area contributed by atoms with E-state index in [1.54, 1.807) is 26.1 Å². The van der Waals surface area contributed by atoms with Crippen LogP contribution in [0.15, 0.2) is 70.6 Å². The Balaban J connectivity index is 1.90. The van der Waals surface area contributed by atoms with Crippen molar-refractivity contribution in [2.24, 2.45) is 7.05 Å². The number of Topliss-reactive ketones (excluding diaryl/α,β-unsaturated/α-hetero) is 1. The Kier molecular flexibility index (Phi) is 5.14. The van der Waals surface area contributed by atoms with Crippen LogP contribution in [0.2, 0.25) is 0 Å². The number of hydrogen-bond acceptors (Lipinski definition) is 4. The minimum Gasteiger partial charge on any atom is -0.293 e. The van der Waals surface area contributed by atoms with Crippen LogP contribution in [0, 0.1) is 6.92 Å². The lowest BCUT2D eigenvalue weighted by Crippen LogP contribution is -2.23. The zero-order valence-electron chi connectivity index (χ0n) is 14.1. The van der Waals surface area contributed by atoms with Crippen LogP contribution in [-0.2, 0) is 7.05 Å². The van der Waals surface area contributed by atoms with E-state index in [1.807, 2.05) is 48.5 Å². The molecular formula is C20H18N2O2S. The quantitative estimate of drug-likeness (QED) is 0.400. The minimum absolute atomic E-state index is 0.0154. The van der Waals surface area contributed by atoms with Crippen LogP contribution < -0.4 is 5.56 Å². The molecule has 0 aliphatic rings. The number of carbonyl (C=O) groups excluding carboxylic acids is 1. The van der Waals surface area contributed by atoms with Gasteiger partial charge in [0.05, 0.1) is 11.4 Å². The second-order valence-electron chi connectivity index (χ2n) is 5.68. The standard InChI is InChI=1S/C20H18N2O2S/c1-14-18(16-11-7-4-8-12-16)21-20(22(2)19(14)24)25-13-17(23)15-9-5-3-6-10-15/h3-12H,13H2,1-2H3. The second-order valence-corrected chi connectivity index (χ2v) is 6.62. The number of ketones is 1. The summed E-state index contributed by atoms with van der Waals surface area (Å²) in [6, 6.07) is 18.8. The van der Waals surface area contributed by atoms with Gasteiger partial charge in [-0.2, -0.15) is 0 Å². The predicted molar refractivity (Wildman–Crippen MR) is 101 cm³/mol. The highest BCUT2D eigenvalue weighted by Crippen LogP contribution is 2.23. The summed E-state index contributed by atoms with van der Waals surface area (Å²) in [5, 5.41) is 0.540. The number of thioether (sulfide) groups is 1. The van der Waals surface area contributed by atoms with Crippen LogP contribution in [-0.4, -0.2) is 21.1 Å². The molecule has 0 amide bonds. The number of rotatable bonds is 5. The number of aromatic nitrogens is 2. The van der Waals surface area contributed by atoms with Crippen molar-refractivity contribution in [3.63, 3.8) is 0 Å². The van der Waals surface area contributed by atoms with Gasteiger partial charge < -0.3 is 0 Å². The van der Waals surface area contributed by atoms with E-state index < -0.39 is 0 Å². The highest BCUT2D eigenvalue weighted by molar-refractivity contribution is 7.99. The van der Waals surface area contributed by atoms with Gasteiger partial charge in [0.15, 0.2) is 10.9 Å². The molecule has 0 aliphatic carbocycles. The molecule has 0 radical (unpaired) electrons. The molecule has 2 aromatic carbocycles. The normalized spacial score (nSPS) is 10.6. The van der Waals surface area contributed by atoms with Crippen LogP contribution >= 0.6 is 11.8 Å². The summed E-state index contributed by atoms with van der Waals surface area (Å²) in [6.45, 7) is 1.78. The third-order valence-corrected chi connectivity index (χ3v) is 4.98. The summed E-state index contributed by atoms with van der Waals surface area (Å²) < 4.78 is 1.50. The lowest BCUT2D eigenvalue weighted by molar-refractivity contribution is 0.102. The van der Waals surface area contributed by atoms with Crippen LogP contribution in [0.3, 0.4) is 0 Å². The van der Waals surface area contributed by atoms with Crippen molar-refractivity contribution < 1.29 is 4.79 Å². The molecule has 0 aliphatic heterocycles. The van der Waals surface area contributed by atoms with E-state index in [9.17, 15) is 9.59 Å². The van der Waals surface area contributed by atoms with Crippen LogP contribution in [0.25, 0.3) is 11.3 Å². The van der Waals surface area contributed by atoms with E-state index in [2.05, 4.69) is 4.98 Å². The highest BCUT2D eigenvalue weighted by atomic mass is 32.2. The van der Waals surface area contributed by atoms with Gasteiger partial charge in [-0.3, -0.25) is 14.2 Å². The van der Waals surface area contributed by atoms with Crippen LogP contribution in [0.5, 0.6) is 0 Å². The van der Waals surface area contributed by atoms with Gasteiger partial charge in [-0.1, -0.05) is 72.4 Å². The zero-order valence-corrected chi connectivity index (χ0v) is 14.9. The van der Waals surface area contributed by atoms with Gasteiger partial charge in [-0.15, -0.1) is 0 Å². The first kappa shape index (κ1) is 17.2. The van der Waals surface area contributed by atoms with Gasteiger partial charge in [0, 0.05) is 23.7 Å². The van der Waals surface area contributed by atoms with Crippen molar-refractivity contribution in [1.82, 2.24) is 9.55 Å². The largest absolute Gasteiger partial charge is 0.293 e. The maximum atomic E-state index is 12.5. The molecule has 0 unspecified atom stereocenters. The van der Waals surface area contributed by atoms with Gasteiger partial charge >= 0.3 is 0 Å². The SMILES string of the molecule is Cc1c(-c2ccccc2)nc(SCC(=O)c2ccccc2)n(C)c1=O. The predicted octanol–water partition coefficient (Wildman–Crippen LogP) is 3.73. The summed E-state index contributed by atoms with van der Waals surface area (Å²) in [6.07, 6.45) is 0. The Bertz CT molecular complexity index is 951. The molecule has 0 fully saturated rings. The van der Waals surface area contributed by atoms with Crippen LogP contribution in [0.4, 0.5) is 0 Å². The molecule has 0 bridgehead atoms. The van der Waals surface area contributed by atoms with E-state index >= 15 is 0 Å². The van der Waals surface area contributed by atoms with Crippen LogP contribution in [0.1, 0.15) is 15.9 Å². The molecule has 126 valence electrons. The van der Waals surface area contributed by atoms with Gasteiger partial charge in [0.1, 0.15) is 0 Å². The summed E-state index contributed by atoms with van der Waals surface area (Å²) in [7, 11) is 1.69. The number of hydrogen-bond donors (Lipinski definition) is 0. The number of carbonyl (C=O) groups is 1. The minimum atomic E-state index is -0.0940. The van der Waals surface area contributed by atoms with Gasteiger partial charge in [0.25, 0.3) is 5.56 Å². The summed E-state index contributed by atoms with van der Waals surface area (Å²) in [5.74, 6) is 0.253. The molecule has 3 aromatic rings. The third kappa shape index (κ3) is 3.72. The summed E-state index contributed by atoms with van der Waals surface area (Å²) in [5.41, 5.74) is 2.73. The first-order chi connectivity index (χ1) is 12.1. The van der Waals surface area contributed by atoms with E-state index in [4.69, 9.17) is 0 Å². The van der Waals surface area contributed by atoms with Crippen molar-refractivity contribution in [2.75, 3.05) is 5.75 Å². The third-order valence-electron chi connectivity index (χ3n) is 3.95. The van der Waals surface area contributed by atoms with Crippen molar-refractivity contribution >= 4 is 17.5 Å². The highest BCUT2D eigenvalue weighted by Gasteiger charge is 2.15. The fourth-order valence-electron chi connectivity index (χ4n) is 2.54. The van der Waals surface area contributed by atoms with Gasteiger partial charge in [-0.05, 0) is 6.92 Å². The topological polar surface area (TPSA) is 52.0 Å². The molecule has 0 spiro atoms. The molecule has 0 N–H and O–H groups in total. The van der Waals surface area contributed by atoms with Crippen molar-refractivity contribution in [2.45, 2.75) is 12.1 Å². The van der Waals surface area contributed by atoms with E-state index in [1.165, 1.54) is 16.3 Å². The van der Waals surface area contributed by atoms with E-state index in [-0.39, 0.29) is 17.1 Å². The van der Waals surface area contributed by atoms with Crippen molar-refractivity contribution in [3.05, 3.63) is 82.1 Å². The smallest absolute Gasteiger partial charge is 0.257 e. The Morgan fingerprint density at radius 3 is 2.28 bits per heavy atom. The zero-order chi connectivity index (χ0) is 17.8. The second kappa shape index (κ2) is 7.49. The molecule has 0 saturated heterocycles. The number of benzene rings is 2. The fourth-order valence-corrected chi connectivity index (χ4v) is 3.40. The summed E-state index contributed by atoms with van der Waals surface area (Å²) in [4.78, 5) is 29.5. The molecule has 0 atom stereocenters. The molecule has 1 heterocycles. The Hall–Kier alpha value is -2.66. The van der Waals surface area contributed by atoms with Gasteiger partial charge in [0.2, 0.25) is 0 Å².